The van der Waals surface area contributed by atoms with Gasteiger partial charge in [0.05, 0.1) is 18.2 Å². The Kier molecular flexibility index (Phi) is 6.73. The molecule has 4 heterocycles. The lowest BCUT2D eigenvalue weighted by atomic mass is 10.1. The average Bonchev–Trinajstić information content (AvgIpc) is 3.20. The maximum absolute atomic E-state index is 13.2. The Labute approximate surface area is 217 Å². The van der Waals surface area contributed by atoms with Crippen LogP contribution in [-0.4, -0.2) is 59.6 Å². The number of nitrogens with zero attached hydrogens (tertiary/aromatic N) is 7. The van der Waals surface area contributed by atoms with Crippen LogP contribution in [0, 0.1) is 11.3 Å². The second-order valence-corrected chi connectivity index (χ2v) is 8.65. The number of fused-ring (bicyclic) bond motifs is 1. The van der Waals surface area contributed by atoms with E-state index in [2.05, 4.69) is 32.9 Å². The van der Waals surface area contributed by atoms with Crippen LogP contribution in [0.5, 0.6) is 5.88 Å². The molecule has 0 aliphatic carbocycles. The van der Waals surface area contributed by atoms with Gasteiger partial charge in [0.1, 0.15) is 11.5 Å². The number of nitriles is 1. The third-order valence-corrected chi connectivity index (χ3v) is 6.17. The fourth-order valence-electron chi connectivity index (χ4n) is 4.29. The van der Waals surface area contributed by atoms with E-state index in [1.807, 2.05) is 0 Å². The first-order valence-corrected chi connectivity index (χ1v) is 12.0. The molecular weight excluding hydrogens is 488 g/mol. The summed E-state index contributed by atoms with van der Waals surface area (Å²) in [4.78, 5) is 39.3. The van der Waals surface area contributed by atoms with Gasteiger partial charge in [-0.3, -0.25) is 4.79 Å². The maximum Gasteiger partial charge on any atom is 0.407 e. The highest BCUT2D eigenvalue weighted by Gasteiger charge is 2.24. The molecule has 0 spiro atoms. The number of carbonyl (C=O) groups is 1. The van der Waals surface area contributed by atoms with Crippen molar-refractivity contribution >= 4 is 28.8 Å². The van der Waals surface area contributed by atoms with Crippen molar-refractivity contribution in [3.8, 4) is 17.8 Å². The first-order chi connectivity index (χ1) is 18.5. The SMILES string of the molecule is C=CCn1c(=O)c2cnc(Nc3ccc(C#N)cc3)nc2n1-c1cccc(OC2CCN(C(=O)O)CC2)n1. The van der Waals surface area contributed by atoms with Gasteiger partial charge < -0.3 is 20.1 Å². The molecule has 1 amide bonds. The van der Waals surface area contributed by atoms with Gasteiger partial charge in [-0.2, -0.15) is 15.2 Å². The number of benzene rings is 1. The number of ether oxygens (including phenoxy) is 1. The van der Waals surface area contributed by atoms with E-state index in [9.17, 15) is 9.59 Å². The van der Waals surface area contributed by atoms with E-state index in [1.165, 1.54) is 15.8 Å². The molecule has 0 atom stereocenters. The van der Waals surface area contributed by atoms with Crippen LogP contribution in [-0.2, 0) is 6.54 Å². The normalized spacial score (nSPS) is 13.7. The molecular formula is C26H24N8O4. The molecule has 2 N–H and O–H groups in total. The number of allylic oxidation sites excluding steroid dienone is 1. The largest absolute Gasteiger partial charge is 0.474 e. The summed E-state index contributed by atoms with van der Waals surface area (Å²) >= 11 is 0. The Morgan fingerprint density at radius 2 is 1.97 bits per heavy atom. The number of piperidine rings is 1. The summed E-state index contributed by atoms with van der Waals surface area (Å²) in [7, 11) is 0. The zero-order chi connectivity index (χ0) is 26.6. The molecule has 12 nitrogen and oxygen atoms in total. The van der Waals surface area contributed by atoms with E-state index in [0.717, 1.165) is 0 Å². The van der Waals surface area contributed by atoms with E-state index in [4.69, 9.17) is 15.1 Å². The number of hydrogen-bond donors (Lipinski definition) is 2. The Hall–Kier alpha value is -5.18. The van der Waals surface area contributed by atoms with Crippen LogP contribution in [0.2, 0.25) is 0 Å². The minimum absolute atomic E-state index is 0.171. The molecule has 5 rings (SSSR count). The lowest BCUT2D eigenvalue weighted by Gasteiger charge is -2.29. The third-order valence-electron chi connectivity index (χ3n) is 6.17. The number of anilines is 2. The highest BCUT2D eigenvalue weighted by Crippen LogP contribution is 2.22. The van der Waals surface area contributed by atoms with E-state index < -0.39 is 6.09 Å². The molecule has 1 aliphatic heterocycles. The van der Waals surface area contributed by atoms with Crippen LogP contribution >= 0.6 is 0 Å². The second kappa shape index (κ2) is 10.4. The molecule has 1 saturated heterocycles. The van der Waals surface area contributed by atoms with Crippen molar-refractivity contribution in [3.63, 3.8) is 0 Å². The molecule has 192 valence electrons. The summed E-state index contributed by atoms with van der Waals surface area (Å²) in [6.07, 6.45) is 3.08. The number of pyridine rings is 1. The van der Waals surface area contributed by atoms with Gasteiger partial charge in [0, 0.05) is 43.9 Å². The van der Waals surface area contributed by atoms with Crippen LogP contribution < -0.4 is 15.6 Å². The van der Waals surface area contributed by atoms with Crippen molar-refractivity contribution in [1.29, 1.82) is 5.26 Å². The van der Waals surface area contributed by atoms with Gasteiger partial charge in [-0.15, -0.1) is 6.58 Å². The molecule has 38 heavy (non-hydrogen) atoms. The van der Waals surface area contributed by atoms with Gasteiger partial charge in [-0.25, -0.2) is 19.1 Å². The van der Waals surface area contributed by atoms with Gasteiger partial charge in [0.2, 0.25) is 11.8 Å². The minimum Gasteiger partial charge on any atom is -0.474 e. The molecule has 0 radical (unpaired) electrons. The lowest BCUT2D eigenvalue weighted by Crippen LogP contribution is -2.41. The molecule has 1 aromatic carbocycles. The highest BCUT2D eigenvalue weighted by molar-refractivity contribution is 5.77. The Balaban J connectivity index is 1.48. The smallest absolute Gasteiger partial charge is 0.407 e. The number of likely N-dealkylation sites (tertiary alicyclic amines) is 1. The van der Waals surface area contributed by atoms with Crippen molar-refractivity contribution in [2.45, 2.75) is 25.5 Å². The fraction of sp³-hybridized carbons (Fsp3) is 0.231. The predicted octanol–water partition coefficient (Wildman–Crippen LogP) is 3.30. The molecule has 12 heteroatoms. The fourth-order valence-corrected chi connectivity index (χ4v) is 4.29. The van der Waals surface area contributed by atoms with Crippen molar-refractivity contribution in [1.82, 2.24) is 29.2 Å². The van der Waals surface area contributed by atoms with Crippen LogP contribution in [0.4, 0.5) is 16.4 Å². The molecule has 0 unspecified atom stereocenters. The number of nitrogens with one attached hydrogen (secondary N) is 1. The topological polar surface area (TPSA) is 151 Å². The first-order valence-electron chi connectivity index (χ1n) is 12.0. The Morgan fingerprint density at radius 3 is 2.66 bits per heavy atom. The summed E-state index contributed by atoms with van der Waals surface area (Å²) in [5, 5.41) is 21.6. The van der Waals surface area contributed by atoms with Gasteiger partial charge in [-0.05, 0) is 30.3 Å². The van der Waals surface area contributed by atoms with Gasteiger partial charge in [0.15, 0.2) is 11.5 Å². The lowest BCUT2D eigenvalue weighted by molar-refractivity contribution is 0.0871. The first kappa shape index (κ1) is 24.5. The average molecular weight is 513 g/mol. The van der Waals surface area contributed by atoms with Gasteiger partial charge in [0.25, 0.3) is 5.56 Å². The van der Waals surface area contributed by atoms with E-state index in [-0.39, 0.29) is 24.2 Å². The number of carboxylic acid groups (broad SMARTS) is 1. The maximum atomic E-state index is 13.2. The van der Waals surface area contributed by atoms with Crippen LogP contribution in [0.3, 0.4) is 0 Å². The van der Waals surface area contributed by atoms with Gasteiger partial charge in [-0.1, -0.05) is 12.1 Å². The molecule has 3 aromatic heterocycles. The minimum atomic E-state index is -0.932. The second-order valence-electron chi connectivity index (χ2n) is 8.65. The number of rotatable bonds is 7. The molecule has 0 bridgehead atoms. The van der Waals surface area contributed by atoms with E-state index in [0.29, 0.717) is 59.9 Å². The van der Waals surface area contributed by atoms with Crippen LogP contribution in [0.25, 0.3) is 16.9 Å². The number of hydrogen-bond acceptors (Lipinski definition) is 8. The molecule has 1 aliphatic rings. The van der Waals surface area contributed by atoms with Crippen LogP contribution in [0.15, 0.2) is 66.1 Å². The quantitative estimate of drug-likeness (QED) is 0.355. The monoisotopic (exact) mass is 512 g/mol. The van der Waals surface area contributed by atoms with Crippen molar-refractivity contribution in [2.24, 2.45) is 0 Å². The summed E-state index contributed by atoms with van der Waals surface area (Å²) in [5.74, 6) is 1.05. The van der Waals surface area contributed by atoms with Crippen molar-refractivity contribution in [3.05, 3.63) is 77.2 Å². The summed E-state index contributed by atoms with van der Waals surface area (Å²) in [5.41, 5.74) is 1.27. The molecule has 0 saturated carbocycles. The third kappa shape index (κ3) is 4.90. The summed E-state index contributed by atoms with van der Waals surface area (Å²) < 4.78 is 9.14. The zero-order valence-electron chi connectivity index (χ0n) is 20.3. The van der Waals surface area contributed by atoms with E-state index >= 15 is 0 Å². The Bertz CT molecular complexity index is 1590. The number of aromatic nitrogens is 5. The zero-order valence-corrected chi connectivity index (χ0v) is 20.3. The Morgan fingerprint density at radius 1 is 1.21 bits per heavy atom. The summed E-state index contributed by atoms with van der Waals surface area (Å²) in [6, 6.07) is 14.2. The summed E-state index contributed by atoms with van der Waals surface area (Å²) in [6.45, 7) is 4.78. The number of amides is 1. The van der Waals surface area contributed by atoms with Crippen molar-refractivity contribution < 1.29 is 14.6 Å². The molecule has 4 aromatic rings. The highest BCUT2D eigenvalue weighted by atomic mass is 16.5. The van der Waals surface area contributed by atoms with Crippen molar-refractivity contribution in [2.75, 3.05) is 18.4 Å². The predicted molar refractivity (Wildman–Crippen MR) is 139 cm³/mol. The molecule has 1 fully saturated rings. The van der Waals surface area contributed by atoms with Gasteiger partial charge >= 0.3 is 6.09 Å². The van der Waals surface area contributed by atoms with E-state index in [1.54, 1.807) is 53.2 Å². The standard InChI is InChI=1S/C26H24N8O4/c1-2-12-33-24(35)20-16-28-25(29-18-8-6-17(15-27)7-9-18)31-23(20)34(33)21-4-3-5-22(30-21)38-19-10-13-32(14-11-19)26(36)37/h2-9,16,19H,1,10-14H2,(H,36,37)(H,28,29,31). The van der Waals surface area contributed by atoms with Crippen LogP contribution in [0.1, 0.15) is 18.4 Å².